The number of nitrogens with zero attached hydrogens (tertiary/aromatic N) is 5. The van der Waals surface area contributed by atoms with E-state index in [4.69, 9.17) is 4.98 Å². The molecule has 0 saturated carbocycles. The van der Waals surface area contributed by atoms with E-state index in [0.717, 1.165) is 72.1 Å². The number of benzene rings is 7. The number of hydrogen-bond donors (Lipinski definition) is 0. The fraction of sp³-hybridized carbons (Fsp3) is 0. The summed E-state index contributed by atoms with van der Waals surface area (Å²) < 4.78 is 6.89. The van der Waals surface area contributed by atoms with Crippen LogP contribution in [0.3, 0.4) is 0 Å². The lowest BCUT2D eigenvalue weighted by Crippen LogP contribution is -2.04. The number of hydrogen-bond acceptors (Lipinski definition) is 2. The van der Waals surface area contributed by atoms with E-state index in [1.165, 1.54) is 21.5 Å². The van der Waals surface area contributed by atoms with Crippen molar-refractivity contribution in [3.63, 3.8) is 0 Å². The minimum absolute atomic E-state index is 0.582. The Balaban J connectivity index is 1.25. The van der Waals surface area contributed by atoms with E-state index >= 15 is 0 Å². The molecule has 11 rings (SSSR count). The first kappa shape index (κ1) is 29.3. The van der Waals surface area contributed by atoms with Crippen LogP contribution in [0.25, 0.3) is 93.6 Å². The first-order chi connectivity index (χ1) is 26.3. The summed E-state index contributed by atoms with van der Waals surface area (Å²) in [6.45, 7) is 0. The third kappa shape index (κ3) is 4.21. The highest BCUT2D eigenvalue weighted by atomic mass is 15.0. The highest BCUT2D eigenvalue weighted by molar-refractivity contribution is 6.12. The molecule has 0 amide bonds. The van der Waals surface area contributed by atoms with Crippen molar-refractivity contribution >= 4 is 65.4 Å². The SMILES string of the molecule is N#Cc1cc(-c2cncc(-n3c4ccccc4c4ccccc43)c2)c(-n2c3ccccc3c3ccccc32)cc1-n1c2ccccc2c2ccccc21. The van der Waals surface area contributed by atoms with E-state index in [0.29, 0.717) is 5.56 Å². The molecule has 246 valence electrons. The zero-order valence-electron chi connectivity index (χ0n) is 28.5. The van der Waals surface area contributed by atoms with E-state index in [2.05, 4.69) is 184 Å². The molecule has 0 radical (unpaired) electrons. The molecule has 4 aromatic heterocycles. The molecule has 11 aromatic rings. The highest BCUT2D eigenvalue weighted by Gasteiger charge is 2.22. The van der Waals surface area contributed by atoms with Gasteiger partial charge >= 0.3 is 0 Å². The van der Waals surface area contributed by atoms with Gasteiger partial charge in [-0.05, 0) is 54.6 Å². The summed E-state index contributed by atoms with van der Waals surface area (Å²) in [5.41, 5.74) is 11.7. The molecule has 0 spiro atoms. The van der Waals surface area contributed by atoms with Gasteiger partial charge in [0.25, 0.3) is 0 Å². The molecule has 0 unspecified atom stereocenters. The van der Waals surface area contributed by atoms with E-state index < -0.39 is 0 Å². The van der Waals surface area contributed by atoms with Crippen molar-refractivity contribution in [3.8, 4) is 34.3 Å². The standard InChI is InChI=1S/C48H29N5/c49-28-31-26-40(32-25-33(30-50-29-32)51-41-19-7-1-13-34(41)35-14-2-8-20-42(35)51)48(53-45-23-11-5-17-38(45)39-18-6-12-24-46(39)53)27-47(31)52-43-21-9-3-15-36(43)37-16-4-10-22-44(37)52/h1-27,29-30H. The Kier molecular flexibility index (Phi) is 6.25. The van der Waals surface area contributed by atoms with Crippen LogP contribution in [0, 0.1) is 11.3 Å². The molecule has 0 fully saturated rings. The van der Waals surface area contributed by atoms with Crippen LogP contribution >= 0.6 is 0 Å². The average Bonchev–Trinajstić information content (AvgIpc) is 3.86. The molecule has 0 atom stereocenters. The third-order valence-electron chi connectivity index (χ3n) is 10.7. The Morgan fingerprint density at radius 1 is 0.396 bits per heavy atom. The Bertz CT molecular complexity index is 3150. The van der Waals surface area contributed by atoms with Gasteiger partial charge in [-0.2, -0.15) is 5.26 Å². The van der Waals surface area contributed by atoms with Gasteiger partial charge < -0.3 is 13.7 Å². The van der Waals surface area contributed by atoms with Crippen LogP contribution in [0.1, 0.15) is 5.56 Å². The Morgan fingerprint density at radius 3 is 1.19 bits per heavy atom. The monoisotopic (exact) mass is 675 g/mol. The van der Waals surface area contributed by atoms with Crippen LogP contribution < -0.4 is 0 Å². The van der Waals surface area contributed by atoms with E-state index in [9.17, 15) is 5.26 Å². The summed E-state index contributed by atoms with van der Waals surface area (Å²) >= 11 is 0. The number of para-hydroxylation sites is 6. The fourth-order valence-electron chi connectivity index (χ4n) is 8.53. The maximum atomic E-state index is 10.9. The molecule has 0 aliphatic heterocycles. The van der Waals surface area contributed by atoms with Gasteiger partial charge in [0.2, 0.25) is 0 Å². The number of fused-ring (bicyclic) bond motifs is 9. The molecule has 0 aliphatic rings. The van der Waals surface area contributed by atoms with Gasteiger partial charge in [-0.15, -0.1) is 0 Å². The molecule has 5 nitrogen and oxygen atoms in total. The van der Waals surface area contributed by atoms with Gasteiger partial charge in [0, 0.05) is 49.6 Å². The third-order valence-corrected chi connectivity index (χ3v) is 10.7. The first-order valence-corrected chi connectivity index (χ1v) is 17.8. The van der Waals surface area contributed by atoms with Crippen LogP contribution in [-0.2, 0) is 0 Å². The van der Waals surface area contributed by atoms with Crippen molar-refractivity contribution < 1.29 is 0 Å². The summed E-state index contributed by atoms with van der Waals surface area (Å²) in [6, 6.07) is 60.2. The zero-order chi connectivity index (χ0) is 35.0. The molecule has 0 saturated heterocycles. The predicted molar refractivity (Wildman–Crippen MR) is 217 cm³/mol. The molecule has 7 aromatic carbocycles. The van der Waals surface area contributed by atoms with Gasteiger partial charge in [0.1, 0.15) is 6.07 Å². The number of nitriles is 1. The summed E-state index contributed by atoms with van der Waals surface area (Å²) in [5.74, 6) is 0. The van der Waals surface area contributed by atoms with Crippen molar-refractivity contribution in [1.82, 2.24) is 18.7 Å². The second-order valence-corrected chi connectivity index (χ2v) is 13.5. The van der Waals surface area contributed by atoms with Crippen molar-refractivity contribution in [3.05, 3.63) is 182 Å². The van der Waals surface area contributed by atoms with Gasteiger partial charge in [-0.1, -0.05) is 109 Å². The maximum absolute atomic E-state index is 10.9. The quantitative estimate of drug-likeness (QED) is 0.186. The van der Waals surface area contributed by atoms with Crippen LogP contribution in [0.4, 0.5) is 0 Å². The van der Waals surface area contributed by atoms with Gasteiger partial charge in [0.15, 0.2) is 0 Å². The van der Waals surface area contributed by atoms with Crippen LogP contribution in [0.5, 0.6) is 0 Å². The second-order valence-electron chi connectivity index (χ2n) is 13.5. The van der Waals surface area contributed by atoms with Gasteiger partial charge in [0.05, 0.1) is 61.9 Å². The Labute approximate surface area is 304 Å². The van der Waals surface area contributed by atoms with E-state index in [1.807, 2.05) is 12.4 Å². The molecule has 0 aliphatic carbocycles. The fourth-order valence-corrected chi connectivity index (χ4v) is 8.53. The first-order valence-electron chi connectivity index (χ1n) is 17.8. The summed E-state index contributed by atoms with van der Waals surface area (Å²) in [7, 11) is 0. The summed E-state index contributed by atoms with van der Waals surface area (Å²) in [6.07, 6.45) is 3.85. The second kappa shape index (κ2) is 11.3. The zero-order valence-corrected chi connectivity index (χ0v) is 28.5. The van der Waals surface area contributed by atoms with Crippen molar-refractivity contribution in [2.75, 3.05) is 0 Å². The topological polar surface area (TPSA) is 51.5 Å². The normalized spacial score (nSPS) is 11.8. The van der Waals surface area contributed by atoms with Gasteiger partial charge in [-0.25, -0.2) is 0 Å². The lowest BCUT2D eigenvalue weighted by molar-refractivity contribution is 1.12. The van der Waals surface area contributed by atoms with Gasteiger partial charge in [-0.3, -0.25) is 4.98 Å². The lowest BCUT2D eigenvalue weighted by atomic mass is 9.99. The molecule has 0 N–H and O–H groups in total. The average molecular weight is 676 g/mol. The minimum atomic E-state index is 0.582. The lowest BCUT2D eigenvalue weighted by Gasteiger charge is -2.19. The minimum Gasteiger partial charge on any atom is -0.309 e. The highest BCUT2D eigenvalue weighted by Crippen LogP contribution is 2.41. The largest absolute Gasteiger partial charge is 0.309 e. The smallest absolute Gasteiger partial charge is 0.101 e. The molecule has 53 heavy (non-hydrogen) atoms. The van der Waals surface area contributed by atoms with Crippen LogP contribution in [0.15, 0.2) is 176 Å². The molecular formula is C48H29N5. The van der Waals surface area contributed by atoms with Crippen molar-refractivity contribution in [2.24, 2.45) is 0 Å². The number of aromatic nitrogens is 4. The van der Waals surface area contributed by atoms with E-state index in [1.54, 1.807) is 0 Å². The van der Waals surface area contributed by atoms with Crippen molar-refractivity contribution in [1.29, 1.82) is 5.26 Å². The molecule has 0 bridgehead atoms. The number of rotatable bonds is 4. The molecule has 5 heteroatoms. The maximum Gasteiger partial charge on any atom is 0.101 e. The summed E-state index contributed by atoms with van der Waals surface area (Å²) in [5, 5.41) is 18.0. The van der Waals surface area contributed by atoms with E-state index in [-0.39, 0.29) is 0 Å². The predicted octanol–water partition coefficient (Wildman–Crippen LogP) is 11.9. The molecular weight excluding hydrogens is 647 g/mol. The van der Waals surface area contributed by atoms with Crippen LogP contribution in [0.2, 0.25) is 0 Å². The van der Waals surface area contributed by atoms with Crippen molar-refractivity contribution in [2.45, 2.75) is 0 Å². The van der Waals surface area contributed by atoms with Crippen LogP contribution in [-0.4, -0.2) is 18.7 Å². The Hall–Kier alpha value is -7.42. The Morgan fingerprint density at radius 2 is 0.774 bits per heavy atom. The summed E-state index contributed by atoms with van der Waals surface area (Å²) in [4.78, 5) is 4.87. The number of pyridine rings is 1. The molecule has 4 heterocycles.